The van der Waals surface area contributed by atoms with E-state index in [-0.39, 0.29) is 35.1 Å². The second-order valence-electron chi connectivity index (χ2n) is 10.7. The number of likely N-dealkylation sites (tertiary alicyclic amines) is 1. The van der Waals surface area contributed by atoms with Gasteiger partial charge in [-0.2, -0.15) is 5.26 Å². The number of piperidine rings is 1. The van der Waals surface area contributed by atoms with Crippen LogP contribution in [0.3, 0.4) is 0 Å². The van der Waals surface area contributed by atoms with E-state index in [1.165, 1.54) is 19.3 Å². The maximum atomic E-state index is 13.2. The Hall–Kier alpha value is -2.10. The molecule has 7 nitrogen and oxygen atoms in total. The summed E-state index contributed by atoms with van der Waals surface area (Å²) in [5.74, 6) is -0.0747. The van der Waals surface area contributed by atoms with Crippen LogP contribution in [-0.2, 0) is 14.4 Å². The van der Waals surface area contributed by atoms with Crippen molar-refractivity contribution in [2.75, 3.05) is 6.54 Å². The maximum absolute atomic E-state index is 13.2. The molecule has 2 N–H and O–H groups in total. The topological polar surface area (TPSA) is 102 Å². The van der Waals surface area contributed by atoms with Gasteiger partial charge in [-0.1, -0.05) is 33.1 Å². The monoisotopic (exact) mass is 430 g/mol. The van der Waals surface area contributed by atoms with Crippen molar-refractivity contribution in [3.63, 3.8) is 0 Å². The van der Waals surface area contributed by atoms with Crippen molar-refractivity contribution in [1.82, 2.24) is 15.5 Å². The van der Waals surface area contributed by atoms with E-state index < -0.39 is 12.1 Å². The number of carbonyl (C=O) groups excluding carboxylic acids is 3. The highest BCUT2D eigenvalue weighted by atomic mass is 16.2. The van der Waals surface area contributed by atoms with Gasteiger partial charge in [0.15, 0.2) is 0 Å². The van der Waals surface area contributed by atoms with E-state index in [2.05, 4.69) is 30.6 Å². The lowest BCUT2D eigenvalue weighted by molar-refractivity contribution is -0.145. The minimum atomic E-state index is -0.728. The largest absolute Gasteiger partial charge is 0.353 e. The van der Waals surface area contributed by atoms with Crippen LogP contribution in [0, 0.1) is 28.6 Å². The molecule has 2 aliphatic heterocycles. The molecule has 2 saturated heterocycles. The number of amides is 3. The zero-order chi connectivity index (χ0) is 22.6. The fraction of sp³-hybridized carbons (Fsp3) is 0.833. The summed E-state index contributed by atoms with van der Waals surface area (Å²) < 4.78 is 0. The lowest BCUT2D eigenvalue weighted by Gasteiger charge is -2.43. The molecule has 3 aliphatic rings. The molecule has 3 fully saturated rings. The normalized spacial score (nSPS) is 29.7. The summed E-state index contributed by atoms with van der Waals surface area (Å²) in [4.78, 5) is 40.2. The third kappa shape index (κ3) is 6.21. The maximum Gasteiger partial charge on any atom is 0.243 e. The lowest BCUT2D eigenvalue weighted by atomic mass is 9.78. The van der Waals surface area contributed by atoms with Crippen molar-refractivity contribution in [3.8, 4) is 6.07 Å². The van der Waals surface area contributed by atoms with Gasteiger partial charge in [0.2, 0.25) is 17.7 Å². The number of nitrogens with one attached hydrogen (secondary N) is 2. The summed E-state index contributed by atoms with van der Waals surface area (Å²) in [5, 5.41) is 15.3. The van der Waals surface area contributed by atoms with Crippen LogP contribution in [0.2, 0.25) is 0 Å². The van der Waals surface area contributed by atoms with Crippen LogP contribution in [0.25, 0.3) is 0 Å². The molecule has 0 aromatic carbocycles. The van der Waals surface area contributed by atoms with Gasteiger partial charge in [0, 0.05) is 24.9 Å². The third-order valence-corrected chi connectivity index (χ3v) is 7.35. The standard InChI is InChI=1S/C24H38N4O3/c1-16-11-18(22(30)26-16)13-19(15-25)27-23(31)20-14-24(2,3)9-10-28(20)21(29)12-17-7-5-4-6-8-17/h16-20H,4-14H2,1-3H3,(H,26,30)(H,27,31)/t16?,18-,19-,20-/m0/s1. The van der Waals surface area contributed by atoms with Gasteiger partial charge in [-0.25, -0.2) is 0 Å². The van der Waals surface area contributed by atoms with Crippen LogP contribution in [-0.4, -0.2) is 47.3 Å². The molecular formula is C24H38N4O3. The second-order valence-corrected chi connectivity index (χ2v) is 10.7. The smallest absolute Gasteiger partial charge is 0.243 e. The van der Waals surface area contributed by atoms with Gasteiger partial charge >= 0.3 is 0 Å². The van der Waals surface area contributed by atoms with E-state index in [1.807, 2.05) is 6.92 Å². The number of rotatable bonds is 6. The van der Waals surface area contributed by atoms with Crippen molar-refractivity contribution < 1.29 is 14.4 Å². The Morgan fingerprint density at radius 3 is 2.61 bits per heavy atom. The van der Waals surface area contributed by atoms with Crippen LogP contribution in [0.4, 0.5) is 0 Å². The molecule has 1 unspecified atom stereocenters. The zero-order valence-corrected chi connectivity index (χ0v) is 19.3. The van der Waals surface area contributed by atoms with Crippen LogP contribution in [0.1, 0.15) is 85.0 Å². The molecule has 31 heavy (non-hydrogen) atoms. The molecular weight excluding hydrogens is 392 g/mol. The molecule has 3 rings (SSSR count). The van der Waals surface area contributed by atoms with E-state index >= 15 is 0 Å². The summed E-state index contributed by atoms with van der Waals surface area (Å²) >= 11 is 0. The SMILES string of the molecule is CC1C[C@@H](C[C@@H](C#N)NC(=O)[C@@H]2CC(C)(C)CCN2C(=O)CC2CCCCC2)C(=O)N1. The van der Waals surface area contributed by atoms with E-state index in [1.54, 1.807) is 4.90 Å². The minimum absolute atomic E-state index is 0.0352. The fourth-order valence-electron chi connectivity index (χ4n) is 5.46. The Morgan fingerprint density at radius 1 is 1.29 bits per heavy atom. The Bertz CT molecular complexity index is 723. The van der Waals surface area contributed by atoms with Gasteiger partial charge in [-0.15, -0.1) is 0 Å². The molecule has 0 bridgehead atoms. The first kappa shape index (κ1) is 23.6. The molecule has 1 aliphatic carbocycles. The van der Waals surface area contributed by atoms with E-state index in [9.17, 15) is 19.6 Å². The highest BCUT2D eigenvalue weighted by molar-refractivity contribution is 5.88. The number of hydrogen-bond donors (Lipinski definition) is 2. The van der Waals surface area contributed by atoms with Crippen molar-refractivity contribution in [1.29, 1.82) is 5.26 Å². The van der Waals surface area contributed by atoms with Gasteiger partial charge in [0.1, 0.15) is 12.1 Å². The van der Waals surface area contributed by atoms with Crippen molar-refractivity contribution >= 4 is 17.7 Å². The molecule has 7 heteroatoms. The number of nitriles is 1. The van der Waals surface area contributed by atoms with Crippen molar-refractivity contribution in [2.24, 2.45) is 17.3 Å². The van der Waals surface area contributed by atoms with E-state index in [0.717, 1.165) is 19.3 Å². The molecule has 172 valence electrons. The van der Waals surface area contributed by atoms with Gasteiger partial charge in [0.05, 0.1) is 6.07 Å². The van der Waals surface area contributed by atoms with Gasteiger partial charge in [0.25, 0.3) is 0 Å². The number of hydrogen-bond acceptors (Lipinski definition) is 4. The van der Waals surface area contributed by atoms with Crippen molar-refractivity contribution in [2.45, 2.75) is 103 Å². The first-order valence-corrected chi connectivity index (χ1v) is 12.0. The summed E-state index contributed by atoms with van der Waals surface area (Å²) in [7, 11) is 0. The van der Waals surface area contributed by atoms with Crippen LogP contribution in [0.15, 0.2) is 0 Å². The third-order valence-electron chi connectivity index (χ3n) is 7.35. The van der Waals surface area contributed by atoms with Gasteiger partial charge < -0.3 is 15.5 Å². The highest BCUT2D eigenvalue weighted by Crippen LogP contribution is 2.35. The average Bonchev–Trinajstić information content (AvgIpc) is 3.04. The van der Waals surface area contributed by atoms with Crippen LogP contribution in [0.5, 0.6) is 0 Å². The number of carbonyl (C=O) groups is 3. The average molecular weight is 431 g/mol. The van der Waals surface area contributed by atoms with Crippen LogP contribution >= 0.6 is 0 Å². The highest BCUT2D eigenvalue weighted by Gasteiger charge is 2.41. The first-order chi connectivity index (χ1) is 14.7. The molecule has 4 atom stereocenters. The minimum Gasteiger partial charge on any atom is -0.353 e. The Labute approximate surface area is 186 Å². The zero-order valence-electron chi connectivity index (χ0n) is 19.3. The molecule has 0 aromatic heterocycles. The fourth-order valence-corrected chi connectivity index (χ4v) is 5.46. The van der Waals surface area contributed by atoms with E-state index in [4.69, 9.17) is 0 Å². The molecule has 3 amide bonds. The second kappa shape index (κ2) is 10.0. The quantitative estimate of drug-likeness (QED) is 0.676. The molecule has 2 heterocycles. The van der Waals surface area contributed by atoms with Crippen LogP contribution < -0.4 is 10.6 Å². The van der Waals surface area contributed by atoms with Crippen molar-refractivity contribution in [3.05, 3.63) is 0 Å². The summed E-state index contributed by atoms with van der Waals surface area (Å²) in [6.07, 6.45) is 8.79. The van der Waals surface area contributed by atoms with Gasteiger partial charge in [-0.05, 0) is 56.8 Å². The van der Waals surface area contributed by atoms with E-state index in [0.29, 0.717) is 38.1 Å². The number of nitrogens with zero attached hydrogens (tertiary/aromatic N) is 2. The summed E-state index contributed by atoms with van der Waals surface area (Å²) in [6, 6.07) is 0.969. The Morgan fingerprint density at radius 2 is 2.00 bits per heavy atom. The molecule has 0 radical (unpaired) electrons. The Balaban J connectivity index is 1.64. The predicted octanol–water partition coefficient (Wildman–Crippen LogP) is 2.90. The van der Waals surface area contributed by atoms with Gasteiger partial charge in [-0.3, -0.25) is 14.4 Å². The summed E-state index contributed by atoms with van der Waals surface area (Å²) in [5.41, 5.74) is -0.0352. The predicted molar refractivity (Wildman–Crippen MR) is 118 cm³/mol. The molecule has 0 spiro atoms. The molecule has 1 saturated carbocycles. The Kier molecular flexibility index (Phi) is 7.61. The lowest BCUT2D eigenvalue weighted by Crippen LogP contribution is -2.56. The summed E-state index contributed by atoms with van der Waals surface area (Å²) in [6.45, 7) is 6.78. The molecule has 0 aromatic rings. The first-order valence-electron chi connectivity index (χ1n) is 12.0.